The van der Waals surface area contributed by atoms with Crippen LogP contribution in [0.1, 0.15) is 28.2 Å². The maximum Gasteiger partial charge on any atom is 0.335 e. The summed E-state index contributed by atoms with van der Waals surface area (Å²) in [5.41, 5.74) is 1.37. The van der Waals surface area contributed by atoms with Gasteiger partial charge in [-0.3, -0.25) is 9.36 Å². The lowest BCUT2D eigenvalue weighted by molar-refractivity contribution is 0.0697. The molecule has 2 aromatic carbocycles. The Labute approximate surface area is 141 Å². The van der Waals surface area contributed by atoms with Crippen molar-refractivity contribution >= 4 is 28.5 Å². The molecular formula is C19H13FN2O3. The van der Waals surface area contributed by atoms with Crippen LogP contribution in [0.4, 0.5) is 4.39 Å². The van der Waals surface area contributed by atoms with E-state index in [1.54, 1.807) is 28.8 Å². The standard InChI is InChI=1S/C19H13FN2O3/c20-15-4-2-1-3-11(15)9-12-7-8-22-17(12)21-16-10-13(19(24)25)5-6-14(16)18(22)23/h1-6,9-10H,7-8H2,(H,24,25)/b12-9-. The normalized spacial score (nSPS) is 14.8. The molecule has 4 rings (SSSR count). The molecule has 0 fully saturated rings. The summed E-state index contributed by atoms with van der Waals surface area (Å²) in [5.74, 6) is -0.959. The van der Waals surface area contributed by atoms with E-state index in [2.05, 4.69) is 4.98 Å². The molecule has 0 radical (unpaired) electrons. The summed E-state index contributed by atoms with van der Waals surface area (Å²) in [6, 6.07) is 10.7. The number of fused-ring (bicyclic) bond motifs is 2. The first-order chi connectivity index (χ1) is 12.0. The van der Waals surface area contributed by atoms with Gasteiger partial charge in [0.2, 0.25) is 0 Å². The largest absolute Gasteiger partial charge is 0.478 e. The van der Waals surface area contributed by atoms with Crippen LogP contribution in [0.2, 0.25) is 0 Å². The number of aromatic nitrogens is 2. The smallest absolute Gasteiger partial charge is 0.335 e. The first kappa shape index (κ1) is 15.3. The Balaban J connectivity index is 1.92. The molecule has 3 aromatic rings. The highest BCUT2D eigenvalue weighted by Gasteiger charge is 2.21. The molecule has 1 aromatic heterocycles. The highest BCUT2D eigenvalue weighted by Crippen LogP contribution is 2.28. The fraction of sp³-hybridized carbons (Fsp3) is 0.105. The SMILES string of the molecule is O=C(O)c1ccc2c(=O)n3c(nc2c1)/C(=C\c1ccccc1F)CC3. The number of allylic oxidation sites excluding steroid dienone is 1. The predicted molar refractivity (Wildman–Crippen MR) is 91.9 cm³/mol. The third kappa shape index (κ3) is 2.52. The van der Waals surface area contributed by atoms with Gasteiger partial charge in [-0.2, -0.15) is 0 Å². The van der Waals surface area contributed by atoms with Crippen molar-refractivity contribution in [1.82, 2.24) is 9.55 Å². The molecule has 1 aliphatic rings. The van der Waals surface area contributed by atoms with E-state index in [1.165, 1.54) is 24.3 Å². The Bertz CT molecular complexity index is 1120. The second-order valence-electron chi connectivity index (χ2n) is 5.87. The molecule has 0 spiro atoms. The molecule has 0 atom stereocenters. The van der Waals surface area contributed by atoms with Gasteiger partial charge in [-0.05, 0) is 42.3 Å². The molecule has 25 heavy (non-hydrogen) atoms. The highest BCUT2D eigenvalue weighted by atomic mass is 19.1. The van der Waals surface area contributed by atoms with E-state index >= 15 is 0 Å². The van der Waals surface area contributed by atoms with Gasteiger partial charge in [0.15, 0.2) is 0 Å². The van der Waals surface area contributed by atoms with E-state index in [-0.39, 0.29) is 16.9 Å². The summed E-state index contributed by atoms with van der Waals surface area (Å²) >= 11 is 0. The second kappa shape index (κ2) is 5.66. The van der Waals surface area contributed by atoms with Crippen molar-refractivity contribution in [2.75, 3.05) is 0 Å². The quantitative estimate of drug-likeness (QED) is 0.780. The average Bonchev–Trinajstić information content (AvgIpc) is 3.00. The number of rotatable bonds is 2. The van der Waals surface area contributed by atoms with Crippen molar-refractivity contribution < 1.29 is 14.3 Å². The third-order valence-corrected chi connectivity index (χ3v) is 4.33. The minimum atomic E-state index is -1.08. The first-order valence-corrected chi connectivity index (χ1v) is 7.78. The second-order valence-corrected chi connectivity index (χ2v) is 5.87. The summed E-state index contributed by atoms with van der Waals surface area (Å²) in [7, 11) is 0. The zero-order valence-electron chi connectivity index (χ0n) is 13.1. The number of halogens is 1. The summed E-state index contributed by atoms with van der Waals surface area (Å²) < 4.78 is 15.4. The minimum absolute atomic E-state index is 0.0713. The zero-order chi connectivity index (χ0) is 17.6. The van der Waals surface area contributed by atoms with Gasteiger partial charge < -0.3 is 5.11 Å². The average molecular weight is 336 g/mol. The van der Waals surface area contributed by atoms with Crippen LogP contribution in [0.3, 0.4) is 0 Å². The Kier molecular flexibility index (Phi) is 3.46. The molecule has 1 aliphatic heterocycles. The molecule has 0 saturated heterocycles. The van der Waals surface area contributed by atoms with Crippen LogP contribution < -0.4 is 5.56 Å². The summed E-state index contributed by atoms with van der Waals surface area (Å²) in [4.78, 5) is 28.3. The van der Waals surface area contributed by atoms with Gasteiger partial charge in [-0.1, -0.05) is 18.2 Å². The molecule has 0 saturated carbocycles. The van der Waals surface area contributed by atoms with Crippen molar-refractivity contribution in [3.8, 4) is 0 Å². The van der Waals surface area contributed by atoms with Crippen molar-refractivity contribution in [3.63, 3.8) is 0 Å². The number of aromatic carboxylic acids is 1. The monoisotopic (exact) mass is 336 g/mol. The van der Waals surface area contributed by atoms with E-state index in [9.17, 15) is 14.0 Å². The van der Waals surface area contributed by atoms with Gasteiger partial charge in [-0.25, -0.2) is 14.2 Å². The van der Waals surface area contributed by atoms with Crippen molar-refractivity contribution in [3.05, 3.63) is 75.6 Å². The molecule has 6 heteroatoms. The van der Waals surface area contributed by atoms with Gasteiger partial charge in [0.05, 0.1) is 16.5 Å². The summed E-state index contributed by atoms with van der Waals surface area (Å²) in [6.07, 6.45) is 2.26. The molecule has 124 valence electrons. The van der Waals surface area contributed by atoms with Crippen LogP contribution in [0, 0.1) is 5.82 Å². The van der Waals surface area contributed by atoms with Crippen LogP contribution in [0.25, 0.3) is 22.6 Å². The topological polar surface area (TPSA) is 72.2 Å². The van der Waals surface area contributed by atoms with Crippen molar-refractivity contribution in [2.24, 2.45) is 0 Å². The molecule has 1 N–H and O–H groups in total. The van der Waals surface area contributed by atoms with Crippen LogP contribution in [-0.4, -0.2) is 20.6 Å². The van der Waals surface area contributed by atoms with E-state index < -0.39 is 5.97 Å². The Morgan fingerprint density at radius 2 is 2.04 bits per heavy atom. The Hall–Kier alpha value is -3.28. The van der Waals surface area contributed by atoms with E-state index in [1.807, 2.05) is 0 Å². The number of carboxylic acid groups (broad SMARTS) is 1. The van der Waals surface area contributed by atoms with E-state index in [0.717, 1.165) is 5.57 Å². The van der Waals surface area contributed by atoms with Crippen LogP contribution >= 0.6 is 0 Å². The van der Waals surface area contributed by atoms with Crippen molar-refractivity contribution in [2.45, 2.75) is 13.0 Å². The van der Waals surface area contributed by atoms with E-state index in [0.29, 0.717) is 35.3 Å². The Morgan fingerprint density at radius 1 is 1.24 bits per heavy atom. The lowest BCUT2D eigenvalue weighted by Crippen LogP contribution is -2.21. The third-order valence-electron chi connectivity index (χ3n) is 4.33. The number of hydrogen-bond acceptors (Lipinski definition) is 3. The Morgan fingerprint density at radius 3 is 2.80 bits per heavy atom. The van der Waals surface area contributed by atoms with E-state index in [4.69, 9.17) is 5.11 Å². The zero-order valence-corrected chi connectivity index (χ0v) is 13.1. The van der Waals surface area contributed by atoms with Crippen LogP contribution in [0.5, 0.6) is 0 Å². The molecule has 2 heterocycles. The number of benzene rings is 2. The number of carboxylic acids is 1. The summed E-state index contributed by atoms with van der Waals surface area (Å²) in [5, 5.41) is 9.50. The highest BCUT2D eigenvalue weighted by molar-refractivity contribution is 5.93. The van der Waals surface area contributed by atoms with Gasteiger partial charge in [0.1, 0.15) is 11.6 Å². The first-order valence-electron chi connectivity index (χ1n) is 7.78. The van der Waals surface area contributed by atoms with Crippen LogP contribution in [0.15, 0.2) is 47.3 Å². The van der Waals surface area contributed by atoms with Gasteiger partial charge in [0.25, 0.3) is 5.56 Å². The maximum absolute atomic E-state index is 13.9. The fourth-order valence-electron chi connectivity index (χ4n) is 3.07. The molecule has 0 aliphatic carbocycles. The molecule has 5 nitrogen and oxygen atoms in total. The molecule has 0 unspecified atom stereocenters. The molecule has 0 amide bonds. The summed E-state index contributed by atoms with van der Waals surface area (Å²) in [6.45, 7) is 0.470. The van der Waals surface area contributed by atoms with Gasteiger partial charge in [0, 0.05) is 12.1 Å². The number of hydrogen-bond donors (Lipinski definition) is 1. The number of carbonyl (C=O) groups is 1. The predicted octanol–water partition coefficient (Wildman–Crippen LogP) is 3.18. The van der Waals surface area contributed by atoms with Gasteiger partial charge >= 0.3 is 5.97 Å². The maximum atomic E-state index is 13.9. The van der Waals surface area contributed by atoms with Crippen molar-refractivity contribution in [1.29, 1.82) is 0 Å². The number of nitrogens with zero attached hydrogens (tertiary/aromatic N) is 2. The molecular weight excluding hydrogens is 323 g/mol. The molecule has 0 bridgehead atoms. The lowest BCUT2D eigenvalue weighted by Gasteiger charge is -2.06. The fourth-order valence-corrected chi connectivity index (χ4v) is 3.07. The minimum Gasteiger partial charge on any atom is -0.478 e. The van der Waals surface area contributed by atoms with Gasteiger partial charge in [-0.15, -0.1) is 0 Å². The lowest BCUT2D eigenvalue weighted by atomic mass is 10.1. The van der Waals surface area contributed by atoms with Crippen LogP contribution in [-0.2, 0) is 6.54 Å².